The predicted molar refractivity (Wildman–Crippen MR) is 65.3 cm³/mol. The normalized spacial score (nSPS) is 21.8. The summed E-state index contributed by atoms with van der Waals surface area (Å²) in [6.07, 6.45) is 4.58. The fourth-order valence-corrected chi connectivity index (χ4v) is 2.49. The molecule has 1 aromatic carbocycles. The summed E-state index contributed by atoms with van der Waals surface area (Å²) in [5.74, 6) is 0.280. The van der Waals surface area contributed by atoms with E-state index >= 15 is 0 Å². The van der Waals surface area contributed by atoms with Gasteiger partial charge in [-0.1, -0.05) is 30.2 Å². The van der Waals surface area contributed by atoms with Gasteiger partial charge in [-0.15, -0.1) is 0 Å². The minimum Gasteiger partial charge on any atom is -0.316 e. The van der Waals surface area contributed by atoms with Crippen molar-refractivity contribution in [1.82, 2.24) is 5.32 Å². The summed E-state index contributed by atoms with van der Waals surface area (Å²) >= 11 is 5.96. The summed E-state index contributed by atoms with van der Waals surface area (Å²) in [6, 6.07) is 5.08. The van der Waals surface area contributed by atoms with Crippen molar-refractivity contribution in [3.63, 3.8) is 0 Å². The monoisotopic (exact) mass is 241 g/mol. The molecule has 3 heteroatoms. The lowest BCUT2D eigenvalue weighted by Crippen LogP contribution is -2.22. The molecule has 0 radical (unpaired) electrons. The first-order chi connectivity index (χ1) is 7.77. The van der Waals surface area contributed by atoms with Crippen molar-refractivity contribution in [2.45, 2.75) is 25.7 Å². The van der Waals surface area contributed by atoms with Gasteiger partial charge in [-0.2, -0.15) is 0 Å². The zero-order valence-corrected chi connectivity index (χ0v) is 10.1. The van der Waals surface area contributed by atoms with Crippen LogP contribution in [0.15, 0.2) is 18.2 Å². The van der Waals surface area contributed by atoms with E-state index in [9.17, 15) is 4.39 Å². The van der Waals surface area contributed by atoms with Gasteiger partial charge in [-0.3, -0.25) is 0 Å². The molecule has 1 nitrogen and oxygen atoms in total. The molecule has 2 rings (SSSR count). The summed E-state index contributed by atoms with van der Waals surface area (Å²) in [5, 5.41) is 3.71. The Balaban J connectivity index is 2.04. The minimum absolute atomic E-state index is 0.298. The van der Waals surface area contributed by atoms with Gasteiger partial charge in [0.25, 0.3) is 0 Å². The van der Waals surface area contributed by atoms with Crippen LogP contribution in [0.4, 0.5) is 4.39 Å². The Kier molecular flexibility index (Phi) is 4.19. The van der Waals surface area contributed by atoms with Crippen LogP contribution in [0, 0.1) is 11.7 Å². The molecule has 0 aromatic heterocycles. The molecule has 1 heterocycles. The largest absolute Gasteiger partial charge is 0.316 e. The van der Waals surface area contributed by atoms with E-state index < -0.39 is 0 Å². The predicted octanol–water partition coefficient (Wildman–Crippen LogP) is 3.41. The van der Waals surface area contributed by atoms with Gasteiger partial charge in [0.2, 0.25) is 0 Å². The van der Waals surface area contributed by atoms with E-state index in [4.69, 9.17) is 11.6 Å². The van der Waals surface area contributed by atoms with Crippen LogP contribution in [-0.4, -0.2) is 13.1 Å². The fraction of sp³-hybridized carbons (Fsp3) is 0.538. The third kappa shape index (κ3) is 2.96. The SMILES string of the molecule is Fc1cccc(CC2CCCCNC2)c1Cl. The topological polar surface area (TPSA) is 12.0 Å². The molecule has 16 heavy (non-hydrogen) atoms. The highest BCUT2D eigenvalue weighted by molar-refractivity contribution is 6.31. The highest BCUT2D eigenvalue weighted by atomic mass is 35.5. The van der Waals surface area contributed by atoms with Gasteiger partial charge in [0.15, 0.2) is 0 Å². The second-order valence-corrected chi connectivity index (χ2v) is 4.86. The second-order valence-electron chi connectivity index (χ2n) is 4.48. The van der Waals surface area contributed by atoms with E-state index in [1.54, 1.807) is 6.07 Å². The summed E-state index contributed by atoms with van der Waals surface area (Å²) in [5.41, 5.74) is 0.940. The van der Waals surface area contributed by atoms with Crippen molar-refractivity contribution in [2.24, 2.45) is 5.92 Å². The molecule has 1 aliphatic rings. The number of rotatable bonds is 2. The van der Waals surface area contributed by atoms with Gasteiger partial charge in [-0.05, 0) is 49.9 Å². The molecule has 1 N–H and O–H groups in total. The molecule has 0 amide bonds. The Morgan fingerprint density at radius 3 is 3.12 bits per heavy atom. The summed E-state index contributed by atoms with van der Waals surface area (Å²) in [4.78, 5) is 0. The Hall–Kier alpha value is -0.600. The van der Waals surface area contributed by atoms with E-state index in [1.165, 1.54) is 25.3 Å². The van der Waals surface area contributed by atoms with Crippen molar-refractivity contribution < 1.29 is 4.39 Å². The average Bonchev–Trinajstić information content (AvgIpc) is 2.53. The van der Waals surface area contributed by atoms with E-state index in [-0.39, 0.29) is 5.82 Å². The van der Waals surface area contributed by atoms with Crippen LogP contribution in [0.5, 0.6) is 0 Å². The molecule has 0 bridgehead atoms. The van der Waals surface area contributed by atoms with E-state index in [1.807, 2.05) is 6.07 Å². The van der Waals surface area contributed by atoms with Crippen LogP contribution in [0.2, 0.25) is 5.02 Å². The second kappa shape index (κ2) is 5.65. The highest BCUT2D eigenvalue weighted by Gasteiger charge is 2.15. The quantitative estimate of drug-likeness (QED) is 0.837. The molecule has 1 atom stereocenters. The Morgan fingerprint density at radius 1 is 1.38 bits per heavy atom. The van der Waals surface area contributed by atoms with Crippen LogP contribution in [0.3, 0.4) is 0 Å². The average molecular weight is 242 g/mol. The number of halogens is 2. The van der Waals surface area contributed by atoms with E-state index in [0.29, 0.717) is 10.9 Å². The maximum atomic E-state index is 13.3. The van der Waals surface area contributed by atoms with Gasteiger partial charge < -0.3 is 5.32 Å². The van der Waals surface area contributed by atoms with Crippen molar-refractivity contribution in [3.8, 4) is 0 Å². The van der Waals surface area contributed by atoms with Gasteiger partial charge in [0.05, 0.1) is 5.02 Å². The standard InChI is InChI=1S/C13H17ClFN/c14-13-11(5-3-6-12(13)15)8-10-4-1-2-7-16-9-10/h3,5-6,10,16H,1-2,4,7-9H2. The van der Waals surface area contributed by atoms with Crippen LogP contribution in [0.1, 0.15) is 24.8 Å². The first-order valence-corrected chi connectivity index (χ1v) is 6.29. The number of nitrogens with one attached hydrogen (secondary N) is 1. The van der Waals surface area contributed by atoms with Crippen molar-refractivity contribution in [3.05, 3.63) is 34.6 Å². The zero-order chi connectivity index (χ0) is 11.4. The van der Waals surface area contributed by atoms with Crippen LogP contribution in [0.25, 0.3) is 0 Å². The summed E-state index contributed by atoms with van der Waals surface area (Å²) < 4.78 is 13.3. The lowest BCUT2D eigenvalue weighted by atomic mass is 9.95. The van der Waals surface area contributed by atoms with Gasteiger partial charge in [0, 0.05) is 0 Å². The molecule has 0 aliphatic carbocycles. The van der Waals surface area contributed by atoms with Crippen LogP contribution < -0.4 is 5.32 Å². The van der Waals surface area contributed by atoms with Gasteiger partial charge >= 0.3 is 0 Å². The van der Waals surface area contributed by atoms with Gasteiger partial charge in [-0.25, -0.2) is 4.39 Å². The lowest BCUT2D eigenvalue weighted by molar-refractivity contribution is 0.476. The molecule has 1 unspecified atom stereocenters. The number of hydrogen-bond donors (Lipinski definition) is 1. The maximum absolute atomic E-state index is 13.3. The summed E-state index contributed by atoms with van der Waals surface area (Å²) in [6.45, 7) is 2.13. The molecule has 0 spiro atoms. The Labute approximate surface area is 101 Å². The van der Waals surface area contributed by atoms with Crippen molar-refractivity contribution in [1.29, 1.82) is 0 Å². The molecule has 0 saturated carbocycles. The molecule has 1 aromatic rings. The van der Waals surface area contributed by atoms with E-state index in [0.717, 1.165) is 25.1 Å². The van der Waals surface area contributed by atoms with E-state index in [2.05, 4.69) is 5.32 Å². The zero-order valence-electron chi connectivity index (χ0n) is 9.31. The highest BCUT2D eigenvalue weighted by Crippen LogP contribution is 2.24. The third-order valence-corrected chi connectivity index (χ3v) is 3.61. The smallest absolute Gasteiger partial charge is 0.142 e. The number of hydrogen-bond acceptors (Lipinski definition) is 1. The maximum Gasteiger partial charge on any atom is 0.142 e. The molecular formula is C13H17ClFN. The molecule has 1 aliphatic heterocycles. The first kappa shape index (κ1) is 11.9. The van der Waals surface area contributed by atoms with Crippen molar-refractivity contribution in [2.75, 3.05) is 13.1 Å². The lowest BCUT2D eigenvalue weighted by Gasteiger charge is -2.15. The Morgan fingerprint density at radius 2 is 2.25 bits per heavy atom. The Bertz CT molecular complexity index is 346. The fourth-order valence-electron chi connectivity index (χ4n) is 2.28. The third-order valence-electron chi connectivity index (χ3n) is 3.19. The minimum atomic E-state index is -0.305. The van der Waals surface area contributed by atoms with Crippen LogP contribution >= 0.6 is 11.6 Å². The molecule has 1 saturated heterocycles. The first-order valence-electron chi connectivity index (χ1n) is 5.91. The summed E-state index contributed by atoms with van der Waals surface area (Å²) in [7, 11) is 0. The molecule has 88 valence electrons. The number of benzene rings is 1. The molecular weight excluding hydrogens is 225 g/mol. The molecule has 1 fully saturated rings. The van der Waals surface area contributed by atoms with Crippen molar-refractivity contribution >= 4 is 11.6 Å². The van der Waals surface area contributed by atoms with Gasteiger partial charge in [0.1, 0.15) is 5.82 Å². The van der Waals surface area contributed by atoms with Crippen LogP contribution in [-0.2, 0) is 6.42 Å².